The van der Waals surface area contributed by atoms with Crippen molar-refractivity contribution in [1.29, 1.82) is 0 Å². The maximum Gasteiger partial charge on any atom is 0.215 e. The standard InChI is InChI=1S/C13H11N3O2/c1-8-13-14-6-12(18)16(13)7-11(15-8)9-2-4-10(17)5-3-9/h2-7,17-18H,1H3. The summed E-state index contributed by atoms with van der Waals surface area (Å²) in [5.41, 5.74) is 2.95. The molecule has 0 aliphatic carbocycles. The van der Waals surface area contributed by atoms with Gasteiger partial charge in [0, 0.05) is 11.8 Å². The molecule has 0 aliphatic rings. The molecule has 3 aromatic rings. The topological polar surface area (TPSA) is 70.7 Å². The van der Waals surface area contributed by atoms with Crippen molar-refractivity contribution < 1.29 is 10.2 Å². The van der Waals surface area contributed by atoms with Crippen LogP contribution in [0.3, 0.4) is 0 Å². The SMILES string of the molecule is Cc1nc(-c2ccc(O)cc2)cn2c(O)cnc12. The van der Waals surface area contributed by atoms with Gasteiger partial charge in [0.2, 0.25) is 5.88 Å². The van der Waals surface area contributed by atoms with Crippen molar-refractivity contribution in [3.05, 3.63) is 42.4 Å². The van der Waals surface area contributed by atoms with E-state index in [0.29, 0.717) is 11.3 Å². The fourth-order valence-corrected chi connectivity index (χ4v) is 1.90. The second kappa shape index (κ2) is 3.73. The summed E-state index contributed by atoms with van der Waals surface area (Å²) in [4.78, 5) is 8.52. The summed E-state index contributed by atoms with van der Waals surface area (Å²) in [6.45, 7) is 1.84. The number of imidazole rings is 1. The molecule has 0 unspecified atom stereocenters. The number of hydrogen-bond acceptors (Lipinski definition) is 4. The Morgan fingerprint density at radius 1 is 1.11 bits per heavy atom. The van der Waals surface area contributed by atoms with Gasteiger partial charge < -0.3 is 10.2 Å². The van der Waals surface area contributed by atoms with E-state index in [1.165, 1.54) is 6.20 Å². The molecule has 3 rings (SSSR count). The second-order valence-electron chi connectivity index (χ2n) is 4.07. The molecule has 2 heterocycles. The zero-order chi connectivity index (χ0) is 12.7. The van der Waals surface area contributed by atoms with Crippen LogP contribution in [0.4, 0.5) is 0 Å². The lowest BCUT2D eigenvalue weighted by molar-refractivity contribution is 0.448. The number of aromatic nitrogens is 3. The third kappa shape index (κ3) is 1.57. The van der Waals surface area contributed by atoms with Gasteiger partial charge >= 0.3 is 0 Å². The van der Waals surface area contributed by atoms with Crippen molar-refractivity contribution in [3.8, 4) is 22.9 Å². The minimum Gasteiger partial charge on any atom is -0.508 e. The zero-order valence-corrected chi connectivity index (χ0v) is 9.70. The molecule has 5 nitrogen and oxygen atoms in total. The van der Waals surface area contributed by atoms with Crippen LogP contribution in [0.5, 0.6) is 11.6 Å². The maximum atomic E-state index is 9.68. The molecule has 90 valence electrons. The molecule has 18 heavy (non-hydrogen) atoms. The van der Waals surface area contributed by atoms with E-state index in [4.69, 9.17) is 0 Å². The Hall–Kier alpha value is -2.56. The third-order valence-corrected chi connectivity index (χ3v) is 2.80. The molecular formula is C13H11N3O2. The van der Waals surface area contributed by atoms with E-state index >= 15 is 0 Å². The van der Waals surface area contributed by atoms with Crippen LogP contribution in [0.25, 0.3) is 16.9 Å². The monoisotopic (exact) mass is 241 g/mol. The van der Waals surface area contributed by atoms with Gasteiger partial charge in [0.05, 0.1) is 17.6 Å². The first kappa shape index (κ1) is 10.6. The molecule has 0 bridgehead atoms. The first-order valence-corrected chi connectivity index (χ1v) is 5.48. The van der Waals surface area contributed by atoms with E-state index in [9.17, 15) is 10.2 Å². The normalized spacial score (nSPS) is 10.9. The maximum absolute atomic E-state index is 9.68. The number of benzene rings is 1. The van der Waals surface area contributed by atoms with Crippen LogP contribution in [0.1, 0.15) is 5.69 Å². The number of fused-ring (bicyclic) bond motifs is 1. The van der Waals surface area contributed by atoms with Crippen LogP contribution in [0.15, 0.2) is 36.7 Å². The van der Waals surface area contributed by atoms with E-state index in [-0.39, 0.29) is 11.6 Å². The molecule has 0 saturated carbocycles. The van der Waals surface area contributed by atoms with E-state index in [0.717, 1.165) is 11.3 Å². The van der Waals surface area contributed by atoms with Crippen LogP contribution in [0, 0.1) is 6.92 Å². The van der Waals surface area contributed by atoms with Crippen molar-refractivity contribution in [1.82, 2.24) is 14.4 Å². The summed E-state index contributed by atoms with van der Waals surface area (Å²) >= 11 is 0. The number of phenolic OH excluding ortho intramolecular Hbond substituents is 1. The summed E-state index contributed by atoms with van der Waals surface area (Å²) in [6, 6.07) is 6.75. The van der Waals surface area contributed by atoms with Gasteiger partial charge in [0.1, 0.15) is 5.75 Å². The van der Waals surface area contributed by atoms with Crippen molar-refractivity contribution in [2.75, 3.05) is 0 Å². The van der Waals surface area contributed by atoms with E-state index in [1.54, 1.807) is 34.9 Å². The molecule has 0 spiro atoms. The molecule has 0 radical (unpaired) electrons. The lowest BCUT2D eigenvalue weighted by Crippen LogP contribution is -1.95. The van der Waals surface area contributed by atoms with Crippen molar-refractivity contribution >= 4 is 5.65 Å². The molecule has 0 fully saturated rings. The quantitative estimate of drug-likeness (QED) is 0.684. The lowest BCUT2D eigenvalue weighted by atomic mass is 10.1. The first-order chi connectivity index (χ1) is 8.65. The minimum atomic E-state index is 0.0792. The lowest BCUT2D eigenvalue weighted by Gasteiger charge is -2.05. The summed E-state index contributed by atoms with van der Waals surface area (Å²) in [6.07, 6.45) is 3.11. The van der Waals surface area contributed by atoms with Gasteiger partial charge in [-0.05, 0) is 31.2 Å². The molecular weight excluding hydrogens is 230 g/mol. The Bertz CT molecular complexity index is 717. The number of aryl methyl sites for hydroxylation is 1. The number of rotatable bonds is 1. The summed E-state index contributed by atoms with van der Waals surface area (Å²) in [7, 11) is 0. The van der Waals surface area contributed by atoms with Crippen LogP contribution >= 0.6 is 0 Å². The number of hydrogen-bond donors (Lipinski definition) is 2. The van der Waals surface area contributed by atoms with Gasteiger partial charge in [0.15, 0.2) is 5.65 Å². The highest BCUT2D eigenvalue weighted by Gasteiger charge is 2.08. The number of phenols is 1. The van der Waals surface area contributed by atoms with E-state index < -0.39 is 0 Å². The van der Waals surface area contributed by atoms with Gasteiger partial charge in [0.25, 0.3) is 0 Å². The fourth-order valence-electron chi connectivity index (χ4n) is 1.90. The Morgan fingerprint density at radius 2 is 1.83 bits per heavy atom. The number of nitrogens with zero attached hydrogens (tertiary/aromatic N) is 3. The van der Waals surface area contributed by atoms with E-state index in [1.807, 2.05) is 6.92 Å². The first-order valence-electron chi connectivity index (χ1n) is 5.48. The molecule has 0 amide bonds. The average molecular weight is 241 g/mol. The highest BCUT2D eigenvalue weighted by molar-refractivity contribution is 5.62. The van der Waals surface area contributed by atoms with Gasteiger partial charge in [-0.25, -0.2) is 9.97 Å². The summed E-state index contributed by atoms with van der Waals surface area (Å²) in [5, 5.41) is 18.9. The van der Waals surface area contributed by atoms with Crippen LogP contribution in [0.2, 0.25) is 0 Å². The largest absolute Gasteiger partial charge is 0.508 e. The van der Waals surface area contributed by atoms with Crippen LogP contribution in [-0.2, 0) is 0 Å². The van der Waals surface area contributed by atoms with Crippen LogP contribution < -0.4 is 0 Å². The van der Waals surface area contributed by atoms with Gasteiger partial charge in [-0.15, -0.1) is 0 Å². The Kier molecular flexibility index (Phi) is 2.19. The second-order valence-corrected chi connectivity index (χ2v) is 4.07. The molecule has 2 N–H and O–H groups in total. The van der Waals surface area contributed by atoms with Gasteiger partial charge in [-0.3, -0.25) is 4.40 Å². The van der Waals surface area contributed by atoms with Crippen molar-refractivity contribution in [2.45, 2.75) is 6.92 Å². The van der Waals surface area contributed by atoms with Crippen LogP contribution in [-0.4, -0.2) is 24.6 Å². The van der Waals surface area contributed by atoms with Crippen molar-refractivity contribution in [3.63, 3.8) is 0 Å². The van der Waals surface area contributed by atoms with Crippen molar-refractivity contribution in [2.24, 2.45) is 0 Å². The Labute approximate surface area is 103 Å². The summed E-state index contributed by atoms with van der Waals surface area (Å²) in [5.74, 6) is 0.289. The molecule has 0 aliphatic heterocycles. The predicted molar refractivity (Wildman–Crippen MR) is 66.5 cm³/mol. The third-order valence-electron chi connectivity index (χ3n) is 2.80. The van der Waals surface area contributed by atoms with Gasteiger partial charge in [-0.1, -0.05) is 0 Å². The Balaban J connectivity index is 2.23. The van der Waals surface area contributed by atoms with Gasteiger partial charge in [-0.2, -0.15) is 0 Å². The number of aromatic hydroxyl groups is 2. The predicted octanol–water partition coefficient (Wildman–Crippen LogP) is 2.12. The molecule has 1 aromatic carbocycles. The fraction of sp³-hybridized carbons (Fsp3) is 0.0769. The average Bonchev–Trinajstić information content (AvgIpc) is 2.73. The molecule has 2 aromatic heterocycles. The summed E-state index contributed by atoms with van der Waals surface area (Å²) < 4.78 is 1.59. The Morgan fingerprint density at radius 3 is 2.56 bits per heavy atom. The minimum absolute atomic E-state index is 0.0792. The van der Waals surface area contributed by atoms with E-state index in [2.05, 4.69) is 9.97 Å². The molecule has 0 atom stereocenters. The molecule has 0 saturated heterocycles. The smallest absolute Gasteiger partial charge is 0.215 e. The highest BCUT2D eigenvalue weighted by Crippen LogP contribution is 2.23. The zero-order valence-electron chi connectivity index (χ0n) is 9.70. The molecule has 5 heteroatoms. The highest BCUT2D eigenvalue weighted by atomic mass is 16.3.